The van der Waals surface area contributed by atoms with Gasteiger partial charge in [0.2, 0.25) is 5.91 Å². The summed E-state index contributed by atoms with van der Waals surface area (Å²) in [6.07, 6.45) is 5.15. The molecule has 176 valence electrons. The number of anilines is 1. The molecule has 3 aromatic rings. The minimum atomic E-state index is -1.21. The van der Waals surface area contributed by atoms with Gasteiger partial charge in [-0.3, -0.25) is 24.4 Å². The zero-order valence-corrected chi connectivity index (χ0v) is 18.3. The van der Waals surface area contributed by atoms with Crippen LogP contribution in [0.2, 0.25) is 0 Å². The fourth-order valence-corrected chi connectivity index (χ4v) is 4.17. The smallest absolute Gasteiger partial charge is 0.328 e. The van der Waals surface area contributed by atoms with Crippen LogP contribution in [0.1, 0.15) is 17.3 Å². The number of aromatic amines is 1. The van der Waals surface area contributed by atoms with Gasteiger partial charge in [0, 0.05) is 79.4 Å². The summed E-state index contributed by atoms with van der Waals surface area (Å²) in [5, 5.41) is 22.0. The Balaban J connectivity index is 1.46. The highest BCUT2D eigenvalue weighted by Crippen LogP contribution is 2.31. The van der Waals surface area contributed by atoms with Crippen molar-refractivity contribution < 1.29 is 24.6 Å². The molecule has 0 spiro atoms. The number of hydrogen-bond acceptors (Lipinski definition) is 6. The Morgan fingerprint density at radius 2 is 1.88 bits per heavy atom. The maximum absolute atomic E-state index is 12.3. The van der Waals surface area contributed by atoms with Crippen molar-refractivity contribution in [1.82, 2.24) is 19.8 Å². The molecule has 4 N–H and O–H groups in total. The molecular weight excluding hydrogens is 438 g/mol. The predicted octanol–water partition coefficient (Wildman–Crippen LogP) is 2.09. The summed E-state index contributed by atoms with van der Waals surface area (Å²) in [4.78, 5) is 46.3. The summed E-state index contributed by atoms with van der Waals surface area (Å²) in [7, 11) is 0. The van der Waals surface area contributed by atoms with E-state index in [1.165, 1.54) is 0 Å². The first kappa shape index (κ1) is 23.1. The van der Waals surface area contributed by atoms with Crippen LogP contribution in [0, 0.1) is 0 Å². The van der Waals surface area contributed by atoms with Crippen LogP contribution in [0.15, 0.2) is 60.9 Å². The molecule has 3 heterocycles. The van der Waals surface area contributed by atoms with Gasteiger partial charge in [0.1, 0.15) is 6.04 Å². The molecule has 1 fully saturated rings. The van der Waals surface area contributed by atoms with Crippen molar-refractivity contribution in [3.63, 3.8) is 0 Å². The minimum absolute atomic E-state index is 0.468. The van der Waals surface area contributed by atoms with Gasteiger partial charge in [0.15, 0.2) is 0 Å². The minimum Gasteiger partial charge on any atom is -0.480 e. The zero-order chi connectivity index (χ0) is 24.1. The Kier molecular flexibility index (Phi) is 7.00. The van der Waals surface area contributed by atoms with Crippen LogP contribution < -0.4 is 5.32 Å². The number of piperazine rings is 1. The van der Waals surface area contributed by atoms with Gasteiger partial charge in [-0.05, 0) is 24.3 Å². The van der Waals surface area contributed by atoms with Crippen LogP contribution in [0.4, 0.5) is 5.69 Å². The van der Waals surface area contributed by atoms with E-state index in [9.17, 15) is 19.5 Å². The number of H-pyrrole nitrogens is 1. The molecular formula is C24H25N5O5. The van der Waals surface area contributed by atoms with Gasteiger partial charge in [-0.1, -0.05) is 12.1 Å². The average molecular weight is 463 g/mol. The molecule has 0 bridgehead atoms. The lowest BCUT2D eigenvalue weighted by Gasteiger charge is -2.37. The first-order valence-electron chi connectivity index (χ1n) is 10.8. The molecule has 1 aliphatic rings. The highest BCUT2D eigenvalue weighted by molar-refractivity contribution is 6.03. The number of pyridine rings is 1. The second kappa shape index (κ2) is 10.3. The van der Waals surface area contributed by atoms with Crippen molar-refractivity contribution in [2.45, 2.75) is 12.6 Å². The van der Waals surface area contributed by atoms with Gasteiger partial charge in [-0.15, -0.1) is 0 Å². The van der Waals surface area contributed by atoms with Gasteiger partial charge in [-0.2, -0.15) is 0 Å². The number of carboxylic acid groups (broad SMARTS) is 2. The Bertz CT molecular complexity index is 1210. The van der Waals surface area contributed by atoms with Crippen molar-refractivity contribution >= 4 is 34.4 Å². The first-order chi connectivity index (χ1) is 16.4. The van der Waals surface area contributed by atoms with Crippen molar-refractivity contribution in [1.29, 1.82) is 0 Å². The van der Waals surface area contributed by atoms with Crippen LogP contribution in [-0.2, 0) is 20.9 Å². The number of nitrogens with one attached hydrogen (secondary N) is 2. The largest absolute Gasteiger partial charge is 0.480 e. The Hall–Kier alpha value is -4.02. The van der Waals surface area contributed by atoms with E-state index >= 15 is 0 Å². The van der Waals surface area contributed by atoms with E-state index < -0.39 is 23.9 Å². The fourth-order valence-electron chi connectivity index (χ4n) is 4.17. The molecule has 0 unspecified atom stereocenters. The third kappa shape index (κ3) is 5.48. The third-order valence-corrected chi connectivity index (χ3v) is 5.77. The van der Waals surface area contributed by atoms with Crippen LogP contribution in [-0.4, -0.2) is 74.0 Å². The Morgan fingerprint density at radius 3 is 2.56 bits per heavy atom. The number of benzene rings is 1. The van der Waals surface area contributed by atoms with Gasteiger partial charge < -0.3 is 20.5 Å². The molecule has 0 saturated carbocycles. The second-order valence-corrected chi connectivity index (χ2v) is 8.04. The molecule has 10 heteroatoms. The van der Waals surface area contributed by atoms with Gasteiger partial charge in [0.05, 0.1) is 5.69 Å². The molecule has 1 atom stereocenters. The van der Waals surface area contributed by atoms with E-state index in [1.54, 1.807) is 30.6 Å². The van der Waals surface area contributed by atoms with Gasteiger partial charge in [0.25, 0.3) is 0 Å². The van der Waals surface area contributed by atoms with Gasteiger partial charge >= 0.3 is 11.9 Å². The van der Waals surface area contributed by atoms with E-state index in [4.69, 9.17) is 5.11 Å². The molecule has 10 nitrogen and oxygen atoms in total. The third-order valence-electron chi connectivity index (χ3n) is 5.77. The number of carboxylic acids is 2. The molecule has 1 aromatic carbocycles. The molecule has 4 rings (SSSR count). The molecule has 2 aromatic heterocycles. The summed E-state index contributed by atoms with van der Waals surface area (Å²) in [5.74, 6) is -2.70. The van der Waals surface area contributed by atoms with Crippen LogP contribution in [0.25, 0.3) is 10.9 Å². The highest BCUT2D eigenvalue weighted by atomic mass is 16.4. The number of nitrogens with zero attached hydrogens (tertiary/aromatic N) is 3. The normalized spacial score (nSPS) is 16.0. The number of amides is 1. The SMILES string of the molecule is O=C(O)/C=C/C(=O)Nc1ccc2c([C@H](C(=O)O)N3CCN(Cc4ccccn4)CC3)c[nH]c2c1. The summed E-state index contributed by atoms with van der Waals surface area (Å²) in [6, 6.07) is 10.1. The van der Waals surface area contributed by atoms with Crippen molar-refractivity contribution in [3.05, 3.63) is 72.2 Å². The molecule has 0 radical (unpaired) electrons. The molecule has 1 amide bonds. The summed E-state index contributed by atoms with van der Waals surface area (Å²) in [5.41, 5.74) is 2.79. The van der Waals surface area contributed by atoms with Crippen LogP contribution >= 0.6 is 0 Å². The van der Waals surface area contributed by atoms with Crippen molar-refractivity contribution in [3.8, 4) is 0 Å². The van der Waals surface area contributed by atoms with Crippen molar-refractivity contribution in [2.75, 3.05) is 31.5 Å². The van der Waals surface area contributed by atoms with E-state index in [0.717, 1.165) is 42.9 Å². The Labute approximate surface area is 195 Å². The van der Waals surface area contributed by atoms with Crippen LogP contribution in [0.3, 0.4) is 0 Å². The number of carbonyl (C=O) groups excluding carboxylic acids is 1. The lowest BCUT2D eigenvalue weighted by atomic mass is 10.0. The number of aliphatic carboxylic acids is 2. The monoisotopic (exact) mass is 463 g/mol. The summed E-state index contributed by atoms with van der Waals surface area (Å²) < 4.78 is 0. The predicted molar refractivity (Wildman–Crippen MR) is 125 cm³/mol. The summed E-state index contributed by atoms with van der Waals surface area (Å²) in [6.45, 7) is 3.43. The molecule has 1 saturated heterocycles. The van der Waals surface area contributed by atoms with E-state index in [2.05, 4.69) is 20.2 Å². The maximum atomic E-state index is 12.3. The Morgan fingerprint density at radius 1 is 1.09 bits per heavy atom. The number of hydrogen-bond donors (Lipinski definition) is 4. The first-order valence-corrected chi connectivity index (χ1v) is 10.8. The molecule has 1 aliphatic heterocycles. The van der Waals surface area contributed by atoms with Crippen LogP contribution in [0.5, 0.6) is 0 Å². The number of fused-ring (bicyclic) bond motifs is 1. The maximum Gasteiger partial charge on any atom is 0.328 e. The molecule has 34 heavy (non-hydrogen) atoms. The van der Waals surface area contributed by atoms with E-state index in [1.807, 2.05) is 23.1 Å². The quantitative estimate of drug-likeness (QED) is 0.373. The van der Waals surface area contributed by atoms with E-state index in [-0.39, 0.29) is 0 Å². The average Bonchev–Trinajstić information content (AvgIpc) is 3.22. The number of carbonyl (C=O) groups is 3. The standard InChI is InChI=1S/C24H25N5O5/c30-21(6-7-22(31)32)27-16-4-5-18-19(14-26-20(18)13-16)23(24(33)34)29-11-9-28(10-12-29)15-17-3-1-2-8-25-17/h1-8,13-14,23,26H,9-12,15H2,(H,27,30)(H,31,32)(H,33,34)/b7-6+/t23-/m1/s1. The lowest BCUT2D eigenvalue weighted by Crippen LogP contribution is -2.48. The highest BCUT2D eigenvalue weighted by Gasteiger charge is 2.32. The van der Waals surface area contributed by atoms with E-state index in [0.29, 0.717) is 29.9 Å². The molecule has 0 aliphatic carbocycles. The zero-order valence-electron chi connectivity index (χ0n) is 18.3. The second-order valence-electron chi connectivity index (χ2n) is 8.04. The summed E-state index contributed by atoms with van der Waals surface area (Å²) >= 11 is 0. The topological polar surface area (TPSA) is 139 Å². The fraction of sp³-hybridized carbons (Fsp3) is 0.250. The lowest BCUT2D eigenvalue weighted by molar-refractivity contribution is -0.144. The van der Waals surface area contributed by atoms with Gasteiger partial charge in [-0.25, -0.2) is 4.79 Å². The number of rotatable bonds is 8. The number of aromatic nitrogens is 2. The van der Waals surface area contributed by atoms with Crippen molar-refractivity contribution in [2.24, 2.45) is 0 Å².